The van der Waals surface area contributed by atoms with Crippen LogP contribution in [-0.4, -0.2) is 31.6 Å². The molecule has 0 aliphatic carbocycles. The van der Waals surface area contributed by atoms with Gasteiger partial charge in [0.15, 0.2) is 0 Å². The highest BCUT2D eigenvalue weighted by Gasteiger charge is 1.97. The third kappa shape index (κ3) is 6.69. The van der Waals surface area contributed by atoms with E-state index in [9.17, 15) is 0 Å². The minimum Gasteiger partial charge on any atom is -0.384 e. The first-order chi connectivity index (χ1) is 8.22. The molecule has 0 aromatic heterocycles. The van der Waals surface area contributed by atoms with Crippen LogP contribution < -0.4 is 5.32 Å². The standard InChI is InChI=1S/C14H23BrN2/c1-3-4-5-11-17(2)12-10-16-14-8-6-13(15)7-9-14/h6-9,16H,3-5,10-12H2,1-2H3. The van der Waals surface area contributed by atoms with Crippen LogP contribution in [-0.2, 0) is 0 Å². The predicted octanol–water partition coefficient (Wildman–Crippen LogP) is 3.98. The summed E-state index contributed by atoms with van der Waals surface area (Å²) in [6, 6.07) is 8.32. The second-order valence-electron chi connectivity index (χ2n) is 4.44. The lowest BCUT2D eigenvalue weighted by molar-refractivity contribution is 0.337. The molecule has 0 unspecified atom stereocenters. The molecule has 0 saturated carbocycles. The minimum atomic E-state index is 1.00. The van der Waals surface area contributed by atoms with Gasteiger partial charge in [-0.3, -0.25) is 0 Å². The molecule has 0 radical (unpaired) electrons. The second kappa shape index (κ2) is 8.54. The summed E-state index contributed by atoms with van der Waals surface area (Å²) in [5, 5.41) is 3.43. The summed E-state index contributed by atoms with van der Waals surface area (Å²) in [6.45, 7) is 5.55. The number of nitrogens with one attached hydrogen (secondary N) is 1. The van der Waals surface area contributed by atoms with Crippen LogP contribution in [0.1, 0.15) is 26.2 Å². The summed E-state index contributed by atoms with van der Waals surface area (Å²) in [5.74, 6) is 0. The summed E-state index contributed by atoms with van der Waals surface area (Å²) in [5.41, 5.74) is 1.19. The molecule has 0 atom stereocenters. The van der Waals surface area contributed by atoms with Gasteiger partial charge in [-0.15, -0.1) is 0 Å². The maximum absolute atomic E-state index is 3.44. The Morgan fingerprint density at radius 1 is 1.12 bits per heavy atom. The molecule has 0 aliphatic rings. The van der Waals surface area contributed by atoms with Crippen molar-refractivity contribution in [2.24, 2.45) is 0 Å². The zero-order valence-electron chi connectivity index (χ0n) is 10.9. The van der Waals surface area contributed by atoms with Crippen LogP contribution in [0.15, 0.2) is 28.7 Å². The third-order valence-electron chi connectivity index (χ3n) is 2.81. The molecule has 1 N–H and O–H groups in total. The molecule has 0 amide bonds. The zero-order chi connectivity index (χ0) is 12.5. The van der Waals surface area contributed by atoms with Crippen molar-refractivity contribution in [2.45, 2.75) is 26.2 Å². The first kappa shape index (κ1) is 14.5. The van der Waals surface area contributed by atoms with Crippen LogP contribution >= 0.6 is 15.9 Å². The average Bonchev–Trinajstić information content (AvgIpc) is 2.32. The smallest absolute Gasteiger partial charge is 0.0341 e. The van der Waals surface area contributed by atoms with Gasteiger partial charge in [0.2, 0.25) is 0 Å². The topological polar surface area (TPSA) is 15.3 Å². The molecule has 1 rings (SSSR count). The Hall–Kier alpha value is -0.540. The maximum atomic E-state index is 3.44. The summed E-state index contributed by atoms with van der Waals surface area (Å²) in [7, 11) is 2.19. The summed E-state index contributed by atoms with van der Waals surface area (Å²) >= 11 is 3.44. The fourth-order valence-electron chi connectivity index (χ4n) is 1.70. The molecule has 0 bridgehead atoms. The number of likely N-dealkylation sites (N-methyl/N-ethyl adjacent to an activating group) is 1. The van der Waals surface area contributed by atoms with Crippen molar-refractivity contribution in [3.05, 3.63) is 28.7 Å². The zero-order valence-corrected chi connectivity index (χ0v) is 12.5. The van der Waals surface area contributed by atoms with Crippen molar-refractivity contribution in [2.75, 3.05) is 32.0 Å². The van der Waals surface area contributed by atoms with Crippen LogP contribution in [0.5, 0.6) is 0 Å². The molecule has 0 heterocycles. The fourth-order valence-corrected chi connectivity index (χ4v) is 1.97. The Morgan fingerprint density at radius 2 is 1.82 bits per heavy atom. The fraction of sp³-hybridized carbons (Fsp3) is 0.571. The van der Waals surface area contributed by atoms with Crippen molar-refractivity contribution < 1.29 is 0 Å². The number of halogens is 1. The molecule has 0 saturated heterocycles. The Bertz CT molecular complexity index is 298. The monoisotopic (exact) mass is 298 g/mol. The molecular formula is C14H23BrN2. The van der Waals surface area contributed by atoms with E-state index in [4.69, 9.17) is 0 Å². The van der Waals surface area contributed by atoms with E-state index in [0.717, 1.165) is 17.6 Å². The molecule has 3 heteroatoms. The van der Waals surface area contributed by atoms with Gasteiger partial charge in [-0.05, 0) is 44.3 Å². The summed E-state index contributed by atoms with van der Waals surface area (Å²) in [6.07, 6.45) is 3.95. The van der Waals surface area contributed by atoms with Gasteiger partial charge in [0.1, 0.15) is 0 Å². The first-order valence-electron chi connectivity index (χ1n) is 6.40. The van der Waals surface area contributed by atoms with E-state index < -0.39 is 0 Å². The van der Waals surface area contributed by atoms with Crippen LogP contribution in [0.25, 0.3) is 0 Å². The van der Waals surface area contributed by atoms with E-state index in [-0.39, 0.29) is 0 Å². The molecule has 1 aromatic carbocycles. The number of nitrogens with zero attached hydrogens (tertiary/aromatic N) is 1. The summed E-state index contributed by atoms with van der Waals surface area (Å²) in [4.78, 5) is 2.39. The molecule has 0 fully saturated rings. The number of rotatable bonds is 8. The predicted molar refractivity (Wildman–Crippen MR) is 79.7 cm³/mol. The quantitative estimate of drug-likeness (QED) is 0.730. The average molecular weight is 299 g/mol. The lowest BCUT2D eigenvalue weighted by atomic mass is 10.2. The number of anilines is 1. The van der Waals surface area contributed by atoms with E-state index in [2.05, 4.69) is 64.4 Å². The van der Waals surface area contributed by atoms with Gasteiger partial charge in [0, 0.05) is 23.2 Å². The molecule has 2 nitrogen and oxygen atoms in total. The Balaban J connectivity index is 2.12. The van der Waals surface area contributed by atoms with Crippen molar-refractivity contribution >= 4 is 21.6 Å². The van der Waals surface area contributed by atoms with Gasteiger partial charge >= 0.3 is 0 Å². The van der Waals surface area contributed by atoms with Gasteiger partial charge in [0.25, 0.3) is 0 Å². The molecule has 0 aliphatic heterocycles. The number of hydrogen-bond acceptors (Lipinski definition) is 2. The van der Waals surface area contributed by atoms with E-state index >= 15 is 0 Å². The Kier molecular flexibility index (Phi) is 7.29. The molecular weight excluding hydrogens is 276 g/mol. The van der Waals surface area contributed by atoms with Crippen LogP contribution in [0.4, 0.5) is 5.69 Å². The highest BCUT2D eigenvalue weighted by Crippen LogP contribution is 2.13. The van der Waals surface area contributed by atoms with Gasteiger partial charge < -0.3 is 10.2 Å². The van der Waals surface area contributed by atoms with Crippen molar-refractivity contribution in [1.82, 2.24) is 4.90 Å². The van der Waals surface area contributed by atoms with Crippen molar-refractivity contribution in [3.63, 3.8) is 0 Å². The highest BCUT2D eigenvalue weighted by molar-refractivity contribution is 9.10. The van der Waals surface area contributed by atoms with Crippen LogP contribution in [0.2, 0.25) is 0 Å². The van der Waals surface area contributed by atoms with Crippen LogP contribution in [0, 0.1) is 0 Å². The first-order valence-corrected chi connectivity index (χ1v) is 7.19. The summed E-state index contributed by atoms with van der Waals surface area (Å²) < 4.78 is 1.12. The van der Waals surface area contributed by atoms with E-state index in [1.54, 1.807) is 0 Å². The normalized spacial score (nSPS) is 10.8. The number of benzene rings is 1. The third-order valence-corrected chi connectivity index (χ3v) is 3.34. The highest BCUT2D eigenvalue weighted by atomic mass is 79.9. The molecule has 1 aromatic rings. The lowest BCUT2D eigenvalue weighted by Gasteiger charge is -2.17. The maximum Gasteiger partial charge on any atom is 0.0341 e. The second-order valence-corrected chi connectivity index (χ2v) is 5.36. The van der Waals surface area contributed by atoms with Gasteiger partial charge in [-0.2, -0.15) is 0 Å². The van der Waals surface area contributed by atoms with E-state index in [1.807, 2.05) is 0 Å². The van der Waals surface area contributed by atoms with Gasteiger partial charge in [-0.1, -0.05) is 35.7 Å². The number of unbranched alkanes of at least 4 members (excludes halogenated alkanes) is 2. The Labute approximate surface area is 114 Å². The Morgan fingerprint density at radius 3 is 2.47 bits per heavy atom. The number of hydrogen-bond donors (Lipinski definition) is 1. The minimum absolute atomic E-state index is 1.00. The van der Waals surface area contributed by atoms with E-state index in [1.165, 1.54) is 31.5 Å². The van der Waals surface area contributed by atoms with Crippen molar-refractivity contribution in [3.8, 4) is 0 Å². The van der Waals surface area contributed by atoms with E-state index in [0.29, 0.717) is 0 Å². The lowest BCUT2D eigenvalue weighted by Crippen LogP contribution is -2.26. The van der Waals surface area contributed by atoms with Gasteiger partial charge in [0.05, 0.1) is 0 Å². The molecule has 0 spiro atoms. The molecule has 17 heavy (non-hydrogen) atoms. The largest absolute Gasteiger partial charge is 0.384 e. The molecule has 96 valence electrons. The SMILES string of the molecule is CCCCCN(C)CCNc1ccc(Br)cc1. The van der Waals surface area contributed by atoms with Crippen molar-refractivity contribution in [1.29, 1.82) is 0 Å². The van der Waals surface area contributed by atoms with Crippen LogP contribution in [0.3, 0.4) is 0 Å². The van der Waals surface area contributed by atoms with Gasteiger partial charge in [-0.25, -0.2) is 0 Å².